The van der Waals surface area contributed by atoms with Crippen LogP contribution >= 0.6 is 0 Å². The molecule has 1 aliphatic rings. The van der Waals surface area contributed by atoms with Crippen LogP contribution in [0.4, 0.5) is 8.78 Å². The van der Waals surface area contributed by atoms with Crippen molar-refractivity contribution in [3.05, 3.63) is 71.3 Å². The number of hydrogen-bond acceptors (Lipinski definition) is 7. The number of halogens is 2. The summed E-state index contributed by atoms with van der Waals surface area (Å²) in [4.78, 5) is 47.7. The minimum absolute atomic E-state index is 0.297. The van der Waals surface area contributed by atoms with Crippen LogP contribution in [0.25, 0.3) is 0 Å². The summed E-state index contributed by atoms with van der Waals surface area (Å²) in [7, 11) is 0. The lowest BCUT2D eigenvalue weighted by Gasteiger charge is -2.15. The highest BCUT2D eigenvalue weighted by atomic mass is 19.1. The van der Waals surface area contributed by atoms with Gasteiger partial charge in [-0.3, -0.25) is 9.59 Å². The highest BCUT2D eigenvalue weighted by Gasteiger charge is 2.50. The van der Waals surface area contributed by atoms with E-state index in [0.29, 0.717) is 11.1 Å². The number of ether oxygens (including phenoxy) is 3. The molecule has 2 aromatic carbocycles. The van der Waals surface area contributed by atoms with Crippen molar-refractivity contribution in [3.63, 3.8) is 0 Å². The molecule has 1 heterocycles. The molecular weight excluding hydrogens is 390 g/mol. The third-order valence-corrected chi connectivity index (χ3v) is 3.98. The van der Waals surface area contributed by atoms with E-state index < -0.39 is 47.7 Å². The van der Waals surface area contributed by atoms with Crippen LogP contribution in [0.2, 0.25) is 0 Å². The molecule has 0 aliphatic carbocycles. The van der Waals surface area contributed by atoms with E-state index in [1.165, 1.54) is 24.3 Å². The molecule has 0 radical (unpaired) electrons. The molecule has 9 heteroatoms. The van der Waals surface area contributed by atoms with Crippen molar-refractivity contribution in [2.45, 2.75) is 25.0 Å². The number of esters is 4. The summed E-state index contributed by atoms with van der Waals surface area (Å²) in [6, 6.07) is 10.0. The van der Waals surface area contributed by atoms with E-state index in [-0.39, 0.29) is 12.8 Å². The second-order valence-corrected chi connectivity index (χ2v) is 6.17. The van der Waals surface area contributed by atoms with Crippen LogP contribution in [0.15, 0.2) is 48.5 Å². The van der Waals surface area contributed by atoms with Crippen molar-refractivity contribution in [1.82, 2.24) is 0 Å². The van der Waals surface area contributed by atoms with Crippen LogP contribution in [0.5, 0.6) is 0 Å². The zero-order valence-corrected chi connectivity index (χ0v) is 14.8. The van der Waals surface area contributed by atoms with Gasteiger partial charge in [0.25, 0.3) is 0 Å². The first-order valence-corrected chi connectivity index (χ1v) is 8.45. The van der Waals surface area contributed by atoms with Crippen LogP contribution in [-0.4, -0.2) is 36.1 Å². The highest BCUT2D eigenvalue weighted by Crippen LogP contribution is 2.19. The Morgan fingerprint density at radius 2 is 1.07 bits per heavy atom. The summed E-state index contributed by atoms with van der Waals surface area (Å²) < 4.78 is 40.1. The minimum Gasteiger partial charge on any atom is -0.445 e. The van der Waals surface area contributed by atoms with Crippen molar-refractivity contribution in [1.29, 1.82) is 0 Å². The Bertz CT molecular complexity index is 861. The van der Waals surface area contributed by atoms with Gasteiger partial charge in [0.15, 0.2) is 0 Å². The molecule has 0 N–H and O–H groups in total. The molecule has 1 saturated heterocycles. The average Bonchev–Trinajstić information content (AvgIpc) is 2.92. The molecule has 0 spiro atoms. The van der Waals surface area contributed by atoms with Gasteiger partial charge < -0.3 is 14.2 Å². The maximum atomic E-state index is 12.9. The summed E-state index contributed by atoms with van der Waals surface area (Å²) in [5.41, 5.74) is 0.831. The highest BCUT2D eigenvalue weighted by molar-refractivity contribution is 6.01. The molecule has 7 nitrogen and oxygen atoms in total. The third kappa shape index (κ3) is 5.22. The SMILES string of the molecule is O=C(Cc1ccc(F)cc1)O[C@H]1C(=O)OC(=O)[C@@H]1OC(=O)Cc1ccc(F)cc1. The molecule has 0 saturated carbocycles. The fraction of sp³-hybridized carbons (Fsp3) is 0.200. The number of carbonyl (C=O) groups excluding carboxylic acids is 4. The fourth-order valence-electron chi connectivity index (χ4n) is 2.59. The Hall–Kier alpha value is -3.62. The largest absolute Gasteiger partial charge is 0.445 e. The standard InChI is InChI=1S/C20H14F2O7/c21-13-5-1-11(2-6-13)9-15(23)27-17-18(20(26)29-19(17)25)28-16(24)10-12-3-7-14(22)8-4-12/h1-8,17-18H,9-10H2/t17-,18-/m1/s1. The van der Waals surface area contributed by atoms with E-state index in [2.05, 4.69) is 4.74 Å². The van der Waals surface area contributed by atoms with Crippen molar-refractivity contribution >= 4 is 23.9 Å². The monoisotopic (exact) mass is 404 g/mol. The summed E-state index contributed by atoms with van der Waals surface area (Å²) in [5.74, 6) is -5.09. The predicted molar refractivity (Wildman–Crippen MR) is 91.1 cm³/mol. The molecule has 0 amide bonds. The van der Waals surface area contributed by atoms with Crippen LogP contribution in [0.1, 0.15) is 11.1 Å². The first-order valence-electron chi connectivity index (χ1n) is 8.45. The summed E-state index contributed by atoms with van der Waals surface area (Å²) in [5, 5.41) is 0. The van der Waals surface area contributed by atoms with Gasteiger partial charge in [0, 0.05) is 0 Å². The van der Waals surface area contributed by atoms with E-state index in [4.69, 9.17) is 9.47 Å². The van der Waals surface area contributed by atoms with E-state index in [1.54, 1.807) is 0 Å². The van der Waals surface area contributed by atoms with Crippen molar-refractivity contribution in [2.24, 2.45) is 0 Å². The first-order chi connectivity index (χ1) is 13.8. The molecule has 0 aromatic heterocycles. The van der Waals surface area contributed by atoms with E-state index >= 15 is 0 Å². The van der Waals surface area contributed by atoms with Gasteiger partial charge in [-0.05, 0) is 35.4 Å². The summed E-state index contributed by atoms with van der Waals surface area (Å²) >= 11 is 0. The minimum atomic E-state index is -1.74. The fourth-order valence-corrected chi connectivity index (χ4v) is 2.59. The molecule has 1 aliphatic heterocycles. The number of carbonyl (C=O) groups is 4. The van der Waals surface area contributed by atoms with Crippen LogP contribution in [-0.2, 0) is 46.2 Å². The molecule has 3 rings (SSSR count). The van der Waals surface area contributed by atoms with Gasteiger partial charge in [-0.1, -0.05) is 24.3 Å². The van der Waals surface area contributed by atoms with E-state index in [0.717, 1.165) is 24.3 Å². The van der Waals surface area contributed by atoms with Crippen LogP contribution < -0.4 is 0 Å². The third-order valence-electron chi connectivity index (χ3n) is 3.98. The Morgan fingerprint density at radius 1 is 0.724 bits per heavy atom. The number of cyclic esters (lactones) is 2. The predicted octanol–water partition coefficient (Wildman–Crippen LogP) is 1.66. The second kappa shape index (κ2) is 8.59. The molecule has 2 atom stereocenters. The molecule has 2 aromatic rings. The smallest absolute Gasteiger partial charge is 0.359 e. The molecule has 150 valence electrons. The number of benzene rings is 2. The van der Waals surface area contributed by atoms with E-state index in [9.17, 15) is 28.0 Å². The van der Waals surface area contributed by atoms with Crippen molar-refractivity contribution in [3.8, 4) is 0 Å². The summed E-state index contributed by atoms with van der Waals surface area (Å²) in [6.45, 7) is 0. The van der Waals surface area contributed by atoms with Gasteiger partial charge in [-0.25, -0.2) is 18.4 Å². The quantitative estimate of drug-likeness (QED) is 0.410. The topological polar surface area (TPSA) is 96.0 Å². The normalized spacial score (nSPS) is 18.3. The zero-order valence-electron chi connectivity index (χ0n) is 14.8. The Morgan fingerprint density at radius 3 is 1.41 bits per heavy atom. The average molecular weight is 404 g/mol. The van der Waals surface area contributed by atoms with Gasteiger partial charge in [0.2, 0.25) is 12.2 Å². The van der Waals surface area contributed by atoms with Gasteiger partial charge in [0.05, 0.1) is 12.8 Å². The molecule has 1 fully saturated rings. The van der Waals surface area contributed by atoms with Gasteiger partial charge in [-0.15, -0.1) is 0 Å². The molecule has 29 heavy (non-hydrogen) atoms. The second-order valence-electron chi connectivity index (χ2n) is 6.17. The van der Waals surface area contributed by atoms with Gasteiger partial charge in [-0.2, -0.15) is 0 Å². The van der Waals surface area contributed by atoms with Gasteiger partial charge >= 0.3 is 23.9 Å². The number of hydrogen-bond donors (Lipinski definition) is 0. The lowest BCUT2D eigenvalue weighted by Crippen LogP contribution is -2.38. The van der Waals surface area contributed by atoms with Crippen LogP contribution in [0, 0.1) is 11.6 Å². The van der Waals surface area contributed by atoms with Crippen molar-refractivity contribution in [2.75, 3.05) is 0 Å². The number of rotatable bonds is 6. The lowest BCUT2D eigenvalue weighted by molar-refractivity contribution is -0.169. The Balaban J connectivity index is 1.62. The Kier molecular flexibility index (Phi) is 5.96. The maximum absolute atomic E-state index is 12.9. The van der Waals surface area contributed by atoms with Gasteiger partial charge in [0.1, 0.15) is 11.6 Å². The maximum Gasteiger partial charge on any atom is 0.359 e. The summed E-state index contributed by atoms with van der Waals surface area (Å²) in [6.07, 6.45) is -4.08. The van der Waals surface area contributed by atoms with E-state index in [1.807, 2.05) is 0 Å². The lowest BCUT2D eigenvalue weighted by atomic mass is 10.1. The van der Waals surface area contributed by atoms with Crippen molar-refractivity contribution < 1.29 is 42.2 Å². The Labute approximate surface area is 163 Å². The zero-order chi connectivity index (χ0) is 21.0. The molecule has 0 unspecified atom stereocenters. The van der Waals surface area contributed by atoms with Crippen LogP contribution in [0.3, 0.4) is 0 Å². The first kappa shape index (κ1) is 20.1. The molecule has 0 bridgehead atoms. The molecular formula is C20H14F2O7.